The number of H-pyrrole nitrogens is 1. The van der Waals surface area contributed by atoms with E-state index in [2.05, 4.69) is 15.5 Å². The van der Waals surface area contributed by atoms with Crippen molar-refractivity contribution >= 4 is 11.7 Å². The minimum Gasteiger partial charge on any atom is -0.393 e. The van der Waals surface area contributed by atoms with Crippen molar-refractivity contribution in [1.29, 1.82) is 0 Å². The Balaban J connectivity index is 1.91. The number of aromatic nitrogens is 2. The van der Waals surface area contributed by atoms with Crippen molar-refractivity contribution in [1.82, 2.24) is 15.5 Å². The van der Waals surface area contributed by atoms with Crippen LogP contribution in [0.5, 0.6) is 0 Å². The highest BCUT2D eigenvalue weighted by Gasteiger charge is 2.22. The molecule has 0 aliphatic heterocycles. The second-order valence-corrected chi connectivity index (χ2v) is 4.18. The van der Waals surface area contributed by atoms with E-state index < -0.39 is 0 Å². The third kappa shape index (κ3) is 2.33. The number of nitrogens with one attached hydrogen (secondary N) is 2. The summed E-state index contributed by atoms with van der Waals surface area (Å²) in [6, 6.07) is 0.130. The molecule has 88 valence electrons. The zero-order valence-electron chi connectivity index (χ0n) is 8.94. The van der Waals surface area contributed by atoms with Gasteiger partial charge in [-0.05, 0) is 25.7 Å². The van der Waals surface area contributed by atoms with Crippen molar-refractivity contribution in [2.45, 2.75) is 37.8 Å². The van der Waals surface area contributed by atoms with Gasteiger partial charge in [-0.15, -0.1) is 0 Å². The van der Waals surface area contributed by atoms with Crippen molar-refractivity contribution in [3.8, 4) is 0 Å². The third-order valence-corrected chi connectivity index (χ3v) is 2.95. The van der Waals surface area contributed by atoms with Crippen LogP contribution in [0.1, 0.15) is 36.0 Å². The number of carbonyl (C=O) groups is 1. The molecule has 0 bridgehead atoms. The molecule has 1 aromatic rings. The lowest BCUT2D eigenvalue weighted by Gasteiger charge is -2.25. The fourth-order valence-corrected chi connectivity index (χ4v) is 1.96. The smallest absolute Gasteiger partial charge is 0.256 e. The second-order valence-electron chi connectivity index (χ2n) is 4.18. The van der Waals surface area contributed by atoms with Gasteiger partial charge >= 0.3 is 0 Å². The van der Waals surface area contributed by atoms with Crippen LogP contribution in [0.2, 0.25) is 0 Å². The highest BCUT2D eigenvalue weighted by atomic mass is 16.3. The van der Waals surface area contributed by atoms with Gasteiger partial charge in [-0.3, -0.25) is 9.89 Å². The number of anilines is 1. The number of aromatic amines is 1. The van der Waals surface area contributed by atoms with E-state index in [-0.39, 0.29) is 23.9 Å². The van der Waals surface area contributed by atoms with Gasteiger partial charge in [0.25, 0.3) is 5.91 Å². The molecule has 1 aliphatic carbocycles. The lowest BCUT2D eigenvalue weighted by molar-refractivity contribution is 0.0868. The van der Waals surface area contributed by atoms with Gasteiger partial charge in [-0.1, -0.05) is 0 Å². The molecule has 1 aliphatic rings. The monoisotopic (exact) mass is 224 g/mol. The molecule has 0 radical (unpaired) electrons. The molecule has 1 heterocycles. The van der Waals surface area contributed by atoms with E-state index in [1.54, 1.807) is 0 Å². The summed E-state index contributed by atoms with van der Waals surface area (Å²) in [7, 11) is 0. The first-order valence-electron chi connectivity index (χ1n) is 5.44. The van der Waals surface area contributed by atoms with E-state index in [0.717, 1.165) is 25.7 Å². The fourth-order valence-electron chi connectivity index (χ4n) is 1.96. The van der Waals surface area contributed by atoms with Crippen LogP contribution in [0, 0.1) is 0 Å². The molecule has 0 aromatic carbocycles. The summed E-state index contributed by atoms with van der Waals surface area (Å²) in [5.41, 5.74) is 5.93. The molecule has 0 unspecified atom stereocenters. The minimum atomic E-state index is -0.216. The van der Waals surface area contributed by atoms with Crippen molar-refractivity contribution in [3.63, 3.8) is 0 Å². The van der Waals surface area contributed by atoms with Crippen LogP contribution in [0.3, 0.4) is 0 Å². The van der Waals surface area contributed by atoms with Crippen molar-refractivity contribution in [2.75, 3.05) is 5.73 Å². The topological polar surface area (TPSA) is 104 Å². The average Bonchev–Trinajstić information content (AvgIpc) is 2.68. The quantitative estimate of drug-likeness (QED) is 0.568. The minimum absolute atomic E-state index is 0.130. The predicted octanol–water partition coefficient (Wildman–Crippen LogP) is 0.0252. The molecule has 6 heteroatoms. The van der Waals surface area contributed by atoms with E-state index in [1.807, 2.05) is 0 Å². The number of carbonyl (C=O) groups excluding carboxylic acids is 1. The lowest BCUT2D eigenvalue weighted by atomic mass is 9.93. The van der Waals surface area contributed by atoms with Crippen molar-refractivity contribution < 1.29 is 9.90 Å². The summed E-state index contributed by atoms with van der Waals surface area (Å²) in [6.07, 6.45) is 4.31. The fraction of sp³-hybridized carbons (Fsp3) is 0.600. The summed E-state index contributed by atoms with van der Waals surface area (Å²) < 4.78 is 0. The Labute approximate surface area is 93.2 Å². The molecule has 1 saturated carbocycles. The zero-order valence-corrected chi connectivity index (χ0v) is 8.94. The van der Waals surface area contributed by atoms with Crippen LogP contribution >= 0.6 is 0 Å². The third-order valence-electron chi connectivity index (χ3n) is 2.95. The number of hydrogen-bond acceptors (Lipinski definition) is 4. The number of aliphatic hydroxyl groups is 1. The summed E-state index contributed by atoms with van der Waals surface area (Å²) in [6.45, 7) is 0. The van der Waals surface area contributed by atoms with Crippen LogP contribution in [0.4, 0.5) is 5.82 Å². The maximum Gasteiger partial charge on any atom is 0.256 e. The number of hydrogen-bond donors (Lipinski definition) is 4. The Morgan fingerprint density at radius 2 is 2.19 bits per heavy atom. The van der Waals surface area contributed by atoms with E-state index in [1.165, 1.54) is 6.20 Å². The second kappa shape index (κ2) is 4.52. The highest BCUT2D eigenvalue weighted by molar-refractivity contribution is 5.98. The van der Waals surface area contributed by atoms with Gasteiger partial charge in [0.1, 0.15) is 11.4 Å². The molecule has 0 atom stereocenters. The van der Waals surface area contributed by atoms with Crippen LogP contribution in [0.15, 0.2) is 6.20 Å². The van der Waals surface area contributed by atoms with Crippen LogP contribution in [-0.2, 0) is 0 Å². The maximum absolute atomic E-state index is 11.8. The molecule has 0 saturated heterocycles. The number of nitrogens with two attached hydrogens (primary N) is 1. The van der Waals surface area contributed by atoms with Gasteiger partial charge in [0.05, 0.1) is 12.3 Å². The predicted molar refractivity (Wildman–Crippen MR) is 58.7 cm³/mol. The summed E-state index contributed by atoms with van der Waals surface area (Å²) >= 11 is 0. The zero-order chi connectivity index (χ0) is 11.5. The highest BCUT2D eigenvalue weighted by Crippen LogP contribution is 2.19. The molecule has 6 nitrogen and oxygen atoms in total. The largest absolute Gasteiger partial charge is 0.393 e. The van der Waals surface area contributed by atoms with E-state index in [4.69, 9.17) is 5.73 Å². The van der Waals surface area contributed by atoms with Gasteiger partial charge in [-0.25, -0.2) is 0 Å². The molecule has 0 spiro atoms. The van der Waals surface area contributed by atoms with Crippen LogP contribution < -0.4 is 11.1 Å². The average molecular weight is 224 g/mol. The Hall–Kier alpha value is -1.56. The van der Waals surface area contributed by atoms with Crippen LogP contribution in [0.25, 0.3) is 0 Å². The van der Waals surface area contributed by atoms with Crippen molar-refractivity contribution in [3.05, 3.63) is 11.8 Å². The summed E-state index contributed by atoms with van der Waals surface area (Å²) in [5, 5.41) is 18.5. The van der Waals surface area contributed by atoms with Crippen LogP contribution in [-0.4, -0.2) is 33.4 Å². The van der Waals surface area contributed by atoms with Gasteiger partial charge in [-0.2, -0.15) is 5.10 Å². The molecular weight excluding hydrogens is 208 g/mol. The Morgan fingerprint density at radius 1 is 1.50 bits per heavy atom. The van der Waals surface area contributed by atoms with Gasteiger partial charge < -0.3 is 16.2 Å². The number of nitrogens with zero attached hydrogens (tertiary/aromatic N) is 1. The van der Waals surface area contributed by atoms with Crippen molar-refractivity contribution in [2.24, 2.45) is 0 Å². The first kappa shape index (κ1) is 10.9. The molecule has 16 heavy (non-hydrogen) atoms. The summed E-state index contributed by atoms with van der Waals surface area (Å²) in [5.74, 6) is 0.0842. The number of nitrogen functional groups attached to an aromatic ring is 1. The maximum atomic E-state index is 11.8. The molecule has 1 fully saturated rings. The number of aliphatic hydroxyl groups excluding tert-OH is 1. The molecule has 5 N–H and O–H groups in total. The number of rotatable bonds is 2. The first-order chi connectivity index (χ1) is 7.66. The standard InChI is InChI=1S/C10H16N4O2/c11-9-8(5-12-14-9)10(16)13-6-1-3-7(15)4-2-6/h5-7,15H,1-4H2,(H,13,16)(H3,11,12,14). The van der Waals surface area contributed by atoms with E-state index >= 15 is 0 Å². The molecular formula is C10H16N4O2. The molecule has 2 rings (SSSR count). The normalized spacial score (nSPS) is 25.3. The SMILES string of the molecule is Nc1[nH]ncc1C(=O)NC1CCC(O)CC1. The summed E-state index contributed by atoms with van der Waals surface area (Å²) in [4.78, 5) is 11.8. The van der Waals surface area contributed by atoms with Gasteiger partial charge in [0, 0.05) is 6.04 Å². The lowest BCUT2D eigenvalue weighted by Crippen LogP contribution is -2.38. The first-order valence-corrected chi connectivity index (χ1v) is 5.44. The Bertz CT molecular complexity index is 369. The molecule has 1 amide bonds. The Kier molecular flexibility index (Phi) is 3.09. The van der Waals surface area contributed by atoms with Gasteiger partial charge in [0.2, 0.25) is 0 Å². The molecule has 1 aromatic heterocycles. The van der Waals surface area contributed by atoms with E-state index in [9.17, 15) is 9.90 Å². The number of amides is 1. The Morgan fingerprint density at radius 3 is 2.75 bits per heavy atom. The van der Waals surface area contributed by atoms with Gasteiger partial charge in [0.15, 0.2) is 0 Å². The van der Waals surface area contributed by atoms with E-state index in [0.29, 0.717) is 5.56 Å².